The molecule has 2 rings (SSSR count). The molecule has 1 aliphatic heterocycles. The Morgan fingerprint density at radius 3 is 1.94 bits per heavy atom. The molecule has 4 nitrogen and oxygen atoms in total. The van der Waals surface area contributed by atoms with Crippen molar-refractivity contribution in [3.63, 3.8) is 0 Å². The van der Waals surface area contributed by atoms with Gasteiger partial charge in [-0.2, -0.15) is 0 Å². The fourth-order valence-electron chi connectivity index (χ4n) is 1.83. The van der Waals surface area contributed by atoms with Gasteiger partial charge >= 0.3 is 0 Å². The lowest BCUT2D eigenvalue weighted by Crippen LogP contribution is -2.43. The molecule has 1 aromatic rings. The number of hydrogen-bond acceptors (Lipinski definition) is 3. The average Bonchev–Trinajstić information content (AvgIpc) is 2.55. The van der Waals surface area contributed by atoms with Crippen LogP contribution in [-0.4, -0.2) is 29.3 Å². The van der Waals surface area contributed by atoms with Gasteiger partial charge in [-0.3, -0.25) is 14.5 Å². The fraction of sp³-hybridized carbons (Fsp3) is 0.385. The van der Waals surface area contributed by atoms with Crippen LogP contribution in [0.4, 0.5) is 0 Å². The van der Waals surface area contributed by atoms with E-state index in [1.165, 1.54) is 4.90 Å². The van der Waals surface area contributed by atoms with Crippen molar-refractivity contribution < 1.29 is 9.59 Å². The van der Waals surface area contributed by atoms with E-state index in [4.69, 9.17) is 5.73 Å². The average molecular weight is 269 g/mol. The number of imide groups is 1. The highest BCUT2D eigenvalue weighted by Gasteiger charge is 2.35. The predicted molar refractivity (Wildman–Crippen MR) is 71.9 cm³/mol. The minimum Gasteiger partial charge on any atom is -0.326 e. The normalized spacial score (nSPS) is 15.7. The van der Waals surface area contributed by atoms with Gasteiger partial charge in [0, 0.05) is 12.6 Å². The first-order chi connectivity index (χ1) is 8.02. The van der Waals surface area contributed by atoms with Crippen molar-refractivity contribution in [2.24, 2.45) is 11.7 Å². The molecule has 0 bridgehead atoms. The van der Waals surface area contributed by atoms with Gasteiger partial charge in [0.2, 0.25) is 0 Å². The van der Waals surface area contributed by atoms with E-state index >= 15 is 0 Å². The lowest BCUT2D eigenvalue weighted by atomic mass is 10.1. The number of rotatable bonds is 3. The molecule has 2 N–H and O–H groups in total. The Bertz CT molecular complexity index is 439. The molecule has 0 saturated carbocycles. The van der Waals surface area contributed by atoms with Crippen LogP contribution in [0.3, 0.4) is 0 Å². The van der Waals surface area contributed by atoms with E-state index in [1.54, 1.807) is 24.3 Å². The van der Waals surface area contributed by atoms with Crippen molar-refractivity contribution in [2.45, 2.75) is 19.9 Å². The lowest BCUT2D eigenvalue weighted by molar-refractivity contribution is 0.0637. The number of hydrogen-bond donors (Lipinski definition) is 1. The van der Waals surface area contributed by atoms with E-state index in [1.807, 2.05) is 13.8 Å². The summed E-state index contributed by atoms with van der Waals surface area (Å²) in [6.07, 6.45) is 0. The summed E-state index contributed by atoms with van der Waals surface area (Å²) in [4.78, 5) is 25.3. The van der Waals surface area contributed by atoms with Crippen LogP contribution in [-0.2, 0) is 0 Å². The zero-order valence-electron chi connectivity index (χ0n) is 10.4. The Morgan fingerprint density at radius 2 is 1.56 bits per heavy atom. The smallest absolute Gasteiger partial charge is 0.261 e. The summed E-state index contributed by atoms with van der Waals surface area (Å²) in [5.74, 6) is -0.234. The number of nitrogens with two attached hydrogens (primary N) is 1. The van der Waals surface area contributed by atoms with Crippen molar-refractivity contribution >= 4 is 24.2 Å². The summed E-state index contributed by atoms with van der Waals surface area (Å²) < 4.78 is 0. The molecule has 0 spiro atoms. The third kappa shape index (κ3) is 2.40. The molecule has 18 heavy (non-hydrogen) atoms. The third-order valence-electron chi connectivity index (χ3n) is 3.13. The number of carbonyl (C=O) groups is 2. The fourth-order valence-corrected chi connectivity index (χ4v) is 1.83. The molecular formula is C13H17ClN2O2. The number of carbonyl (C=O) groups excluding carboxylic acids is 2. The molecule has 2 amide bonds. The minimum absolute atomic E-state index is 0. The second kappa shape index (κ2) is 5.50. The Hall–Kier alpha value is -1.39. The standard InChI is InChI=1S/C13H16N2O2.ClH/c1-8(2)11(14)7-15-12(16)9-5-3-4-6-10(9)13(15)17;/h3-6,8,11H,7,14H2,1-2H3;1H/t11-;/m1./s1. The van der Waals surface area contributed by atoms with E-state index in [0.29, 0.717) is 11.1 Å². The molecule has 0 fully saturated rings. The second-order valence-electron chi connectivity index (χ2n) is 4.67. The molecule has 0 unspecified atom stereocenters. The van der Waals surface area contributed by atoms with Gasteiger partial charge in [-0.05, 0) is 18.1 Å². The highest BCUT2D eigenvalue weighted by atomic mass is 35.5. The van der Waals surface area contributed by atoms with Crippen LogP contribution in [0.1, 0.15) is 34.6 Å². The molecule has 98 valence electrons. The summed E-state index contributed by atoms with van der Waals surface area (Å²) in [5.41, 5.74) is 6.87. The zero-order chi connectivity index (χ0) is 12.6. The van der Waals surface area contributed by atoms with Gasteiger partial charge in [0.1, 0.15) is 0 Å². The molecular weight excluding hydrogens is 252 g/mol. The van der Waals surface area contributed by atoms with Crippen LogP contribution in [0.5, 0.6) is 0 Å². The van der Waals surface area contributed by atoms with Crippen LogP contribution in [0.25, 0.3) is 0 Å². The number of fused-ring (bicyclic) bond motifs is 1. The zero-order valence-corrected chi connectivity index (χ0v) is 11.2. The molecule has 1 atom stereocenters. The monoisotopic (exact) mass is 268 g/mol. The summed E-state index contributed by atoms with van der Waals surface area (Å²) in [7, 11) is 0. The molecule has 0 aliphatic carbocycles. The molecule has 1 aromatic carbocycles. The van der Waals surface area contributed by atoms with Crippen LogP contribution < -0.4 is 5.73 Å². The highest BCUT2D eigenvalue weighted by molar-refractivity contribution is 6.21. The van der Waals surface area contributed by atoms with Gasteiger partial charge in [0.25, 0.3) is 11.8 Å². The Balaban J connectivity index is 0.00000162. The van der Waals surface area contributed by atoms with Crippen LogP contribution in [0, 0.1) is 5.92 Å². The summed E-state index contributed by atoms with van der Waals surface area (Å²) in [6.45, 7) is 4.23. The minimum atomic E-state index is -0.235. The van der Waals surface area contributed by atoms with Crippen LogP contribution in [0.15, 0.2) is 24.3 Å². The van der Waals surface area contributed by atoms with Gasteiger partial charge in [-0.15, -0.1) is 12.4 Å². The van der Waals surface area contributed by atoms with Crippen molar-refractivity contribution in [1.82, 2.24) is 4.90 Å². The second-order valence-corrected chi connectivity index (χ2v) is 4.67. The number of halogens is 1. The summed E-state index contributed by atoms with van der Waals surface area (Å²) in [6, 6.07) is 6.69. The Morgan fingerprint density at radius 1 is 1.11 bits per heavy atom. The molecule has 0 saturated heterocycles. The van der Waals surface area contributed by atoms with Crippen molar-refractivity contribution in [3.8, 4) is 0 Å². The predicted octanol–water partition coefficient (Wildman–Crippen LogP) is 1.69. The molecule has 0 radical (unpaired) electrons. The van der Waals surface area contributed by atoms with E-state index in [9.17, 15) is 9.59 Å². The highest BCUT2D eigenvalue weighted by Crippen LogP contribution is 2.22. The first-order valence-corrected chi connectivity index (χ1v) is 5.73. The van der Waals surface area contributed by atoms with Gasteiger partial charge in [-0.25, -0.2) is 0 Å². The maximum atomic E-state index is 12.0. The maximum absolute atomic E-state index is 12.0. The number of benzene rings is 1. The van der Waals surface area contributed by atoms with Gasteiger partial charge in [-0.1, -0.05) is 26.0 Å². The number of amides is 2. The summed E-state index contributed by atoms with van der Waals surface area (Å²) >= 11 is 0. The molecule has 0 aromatic heterocycles. The quantitative estimate of drug-likeness (QED) is 0.849. The van der Waals surface area contributed by atoms with Crippen molar-refractivity contribution in [2.75, 3.05) is 6.54 Å². The van der Waals surface area contributed by atoms with Crippen LogP contribution >= 0.6 is 12.4 Å². The largest absolute Gasteiger partial charge is 0.326 e. The van der Waals surface area contributed by atoms with E-state index in [0.717, 1.165) is 0 Å². The Kier molecular flexibility index (Phi) is 4.48. The topological polar surface area (TPSA) is 63.4 Å². The SMILES string of the molecule is CC(C)[C@H](N)CN1C(=O)c2ccccc2C1=O.Cl. The molecule has 5 heteroatoms. The maximum Gasteiger partial charge on any atom is 0.261 e. The van der Waals surface area contributed by atoms with E-state index < -0.39 is 0 Å². The summed E-state index contributed by atoms with van der Waals surface area (Å²) in [5, 5.41) is 0. The van der Waals surface area contributed by atoms with Crippen LogP contribution in [0.2, 0.25) is 0 Å². The van der Waals surface area contributed by atoms with Gasteiger partial charge in [0.15, 0.2) is 0 Å². The first kappa shape index (κ1) is 14.7. The Labute approximate surface area is 113 Å². The van der Waals surface area contributed by atoms with Gasteiger partial charge in [0.05, 0.1) is 11.1 Å². The molecule has 1 aliphatic rings. The van der Waals surface area contributed by atoms with E-state index in [2.05, 4.69) is 0 Å². The number of nitrogens with zero attached hydrogens (tertiary/aromatic N) is 1. The van der Waals surface area contributed by atoms with Gasteiger partial charge < -0.3 is 5.73 Å². The first-order valence-electron chi connectivity index (χ1n) is 5.73. The third-order valence-corrected chi connectivity index (χ3v) is 3.13. The van der Waals surface area contributed by atoms with Crippen molar-refractivity contribution in [1.29, 1.82) is 0 Å². The van der Waals surface area contributed by atoms with Crippen molar-refractivity contribution in [3.05, 3.63) is 35.4 Å². The lowest BCUT2D eigenvalue weighted by Gasteiger charge is -2.21. The van der Waals surface area contributed by atoms with E-state index in [-0.39, 0.29) is 42.7 Å². The molecule has 1 heterocycles.